The van der Waals surface area contributed by atoms with Crippen molar-refractivity contribution in [2.24, 2.45) is 5.92 Å². The number of ether oxygens (including phenoxy) is 1. The second kappa shape index (κ2) is 8.65. The first-order valence-electron chi connectivity index (χ1n) is 11.5. The van der Waals surface area contributed by atoms with Crippen molar-refractivity contribution >= 4 is 23.5 Å². The van der Waals surface area contributed by atoms with Gasteiger partial charge in [0.1, 0.15) is 11.2 Å². The van der Waals surface area contributed by atoms with Crippen LogP contribution in [-0.2, 0) is 16.1 Å². The van der Waals surface area contributed by atoms with Crippen LogP contribution in [0.3, 0.4) is 0 Å². The Morgan fingerprint density at radius 3 is 2.48 bits per heavy atom. The summed E-state index contributed by atoms with van der Waals surface area (Å²) in [6.07, 6.45) is 4.01. The summed E-state index contributed by atoms with van der Waals surface area (Å²) in [6.45, 7) is 8.06. The minimum absolute atomic E-state index is 0.0485. The molecule has 2 heterocycles. The minimum atomic E-state index is -1.22. The zero-order valence-corrected chi connectivity index (χ0v) is 20.0. The molecule has 1 aliphatic heterocycles. The number of esters is 1. The van der Waals surface area contributed by atoms with E-state index in [2.05, 4.69) is 17.3 Å². The number of nitrogens with one attached hydrogen (secondary N) is 1. The van der Waals surface area contributed by atoms with Crippen LogP contribution in [0, 0.1) is 19.8 Å². The van der Waals surface area contributed by atoms with E-state index < -0.39 is 11.5 Å². The molecule has 2 aliphatic rings. The number of rotatable bonds is 4. The van der Waals surface area contributed by atoms with E-state index in [1.54, 1.807) is 11.8 Å². The van der Waals surface area contributed by atoms with Crippen LogP contribution in [0.1, 0.15) is 71.6 Å². The van der Waals surface area contributed by atoms with E-state index >= 15 is 0 Å². The zero-order valence-electron chi connectivity index (χ0n) is 20.0. The summed E-state index contributed by atoms with van der Waals surface area (Å²) >= 11 is 0. The van der Waals surface area contributed by atoms with Gasteiger partial charge in [-0.2, -0.15) is 5.10 Å². The summed E-state index contributed by atoms with van der Waals surface area (Å²) in [6, 6.07) is 7.33. The van der Waals surface area contributed by atoms with Gasteiger partial charge in [-0.1, -0.05) is 24.6 Å². The SMILES string of the molecule is COC(=O)c1cc2n(n1)C[C@@](C)(C(=O)NC1CCC(C)CC1)N(c1ccc(C)cc1C)C2=O. The smallest absolute Gasteiger partial charge is 0.358 e. The molecule has 1 atom stereocenters. The van der Waals surface area contributed by atoms with Crippen molar-refractivity contribution in [1.29, 1.82) is 0 Å². The molecule has 8 heteroatoms. The van der Waals surface area contributed by atoms with Crippen LogP contribution < -0.4 is 10.2 Å². The second-order valence-corrected chi connectivity index (χ2v) is 9.70. The lowest BCUT2D eigenvalue weighted by Gasteiger charge is -2.44. The number of hydrogen-bond donors (Lipinski definition) is 1. The predicted octanol–water partition coefficient (Wildman–Crippen LogP) is 3.40. The van der Waals surface area contributed by atoms with Crippen molar-refractivity contribution in [3.8, 4) is 0 Å². The Bertz CT molecular complexity index is 1100. The van der Waals surface area contributed by atoms with Crippen molar-refractivity contribution in [2.45, 2.75) is 71.5 Å². The van der Waals surface area contributed by atoms with E-state index in [4.69, 9.17) is 4.74 Å². The number of anilines is 1. The number of fused-ring (bicyclic) bond motifs is 1. The van der Waals surface area contributed by atoms with Gasteiger partial charge in [0.15, 0.2) is 5.69 Å². The topological polar surface area (TPSA) is 93.5 Å². The van der Waals surface area contributed by atoms with E-state index in [0.717, 1.165) is 36.8 Å². The van der Waals surface area contributed by atoms with Gasteiger partial charge in [-0.05, 0) is 64.0 Å². The van der Waals surface area contributed by atoms with Gasteiger partial charge in [-0.15, -0.1) is 0 Å². The highest BCUT2D eigenvalue weighted by molar-refractivity contribution is 6.12. The van der Waals surface area contributed by atoms with Crippen LogP contribution in [-0.4, -0.2) is 46.3 Å². The van der Waals surface area contributed by atoms with E-state index in [-0.39, 0.29) is 35.8 Å². The van der Waals surface area contributed by atoms with Gasteiger partial charge in [-0.25, -0.2) is 4.79 Å². The lowest BCUT2D eigenvalue weighted by Crippen LogP contribution is -2.65. The van der Waals surface area contributed by atoms with Crippen LogP contribution in [0.5, 0.6) is 0 Å². The average Bonchev–Trinajstić information content (AvgIpc) is 3.20. The van der Waals surface area contributed by atoms with Crippen LogP contribution in [0.2, 0.25) is 0 Å². The van der Waals surface area contributed by atoms with Crippen molar-refractivity contribution in [3.05, 3.63) is 46.8 Å². The summed E-state index contributed by atoms with van der Waals surface area (Å²) in [5.74, 6) is -0.535. The molecule has 0 bridgehead atoms. The molecule has 4 rings (SSSR count). The summed E-state index contributed by atoms with van der Waals surface area (Å²) in [4.78, 5) is 41.1. The van der Waals surface area contributed by atoms with Crippen molar-refractivity contribution in [3.63, 3.8) is 0 Å². The highest BCUT2D eigenvalue weighted by Crippen LogP contribution is 2.35. The highest BCUT2D eigenvalue weighted by Gasteiger charge is 2.50. The van der Waals surface area contributed by atoms with Gasteiger partial charge >= 0.3 is 5.97 Å². The first-order valence-corrected chi connectivity index (χ1v) is 11.5. The summed E-state index contributed by atoms with van der Waals surface area (Å²) in [5, 5.41) is 7.49. The fraction of sp³-hybridized carbons (Fsp3) is 0.520. The number of benzene rings is 1. The molecule has 1 saturated carbocycles. The standard InChI is InChI=1S/C25H32N4O4/c1-15-6-9-18(10-7-15)26-24(32)25(4)14-28-21(13-19(27-28)23(31)33-5)22(30)29(25)20-11-8-16(2)12-17(20)3/h8,11-13,15,18H,6-7,9-10,14H2,1-5H3,(H,26,32)/t15?,18?,25-/m0/s1. The molecule has 1 aromatic heterocycles. The maximum Gasteiger partial charge on any atom is 0.358 e. The number of amides is 2. The molecule has 0 unspecified atom stereocenters. The Morgan fingerprint density at radius 1 is 1.15 bits per heavy atom. The molecule has 1 N–H and O–H groups in total. The molecule has 0 spiro atoms. The molecule has 8 nitrogen and oxygen atoms in total. The van der Waals surface area contributed by atoms with Crippen molar-refractivity contribution in [1.82, 2.24) is 15.1 Å². The van der Waals surface area contributed by atoms with Crippen LogP contribution >= 0.6 is 0 Å². The maximum absolute atomic E-state index is 13.8. The molecular weight excluding hydrogens is 420 g/mol. The summed E-state index contributed by atoms with van der Waals surface area (Å²) in [5.41, 5.74) is 1.73. The van der Waals surface area contributed by atoms with E-state index in [1.165, 1.54) is 17.9 Å². The third-order valence-electron chi connectivity index (χ3n) is 6.98. The molecule has 1 aromatic carbocycles. The Morgan fingerprint density at radius 2 is 1.85 bits per heavy atom. The van der Waals surface area contributed by atoms with E-state index in [9.17, 15) is 14.4 Å². The molecule has 0 radical (unpaired) electrons. The third-order valence-corrected chi connectivity index (χ3v) is 6.98. The normalized spacial score (nSPS) is 24.9. The molecule has 1 aliphatic carbocycles. The number of carbonyl (C=O) groups is 3. The molecular formula is C25H32N4O4. The molecule has 2 aromatic rings. The van der Waals surface area contributed by atoms with Gasteiger partial charge in [0, 0.05) is 17.8 Å². The monoisotopic (exact) mass is 452 g/mol. The van der Waals surface area contributed by atoms with Gasteiger partial charge < -0.3 is 10.1 Å². The molecule has 1 fully saturated rings. The number of aromatic nitrogens is 2. The third kappa shape index (κ3) is 4.14. The first-order chi connectivity index (χ1) is 15.6. The lowest BCUT2D eigenvalue weighted by atomic mass is 9.86. The Hall–Kier alpha value is -3.16. The largest absolute Gasteiger partial charge is 0.464 e. The van der Waals surface area contributed by atoms with Gasteiger partial charge in [0.2, 0.25) is 5.91 Å². The molecule has 0 saturated heterocycles. The fourth-order valence-corrected chi connectivity index (χ4v) is 4.96. The molecule has 176 valence electrons. The molecule has 2 amide bonds. The average molecular weight is 453 g/mol. The Balaban J connectivity index is 1.76. The lowest BCUT2D eigenvalue weighted by molar-refractivity contribution is -0.127. The van der Waals surface area contributed by atoms with Crippen LogP contribution in [0.4, 0.5) is 5.69 Å². The van der Waals surface area contributed by atoms with E-state index in [0.29, 0.717) is 11.6 Å². The number of aryl methyl sites for hydroxylation is 2. The van der Waals surface area contributed by atoms with Crippen molar-refractivity contribution in [2.75, 3.05) is 12.0 Å². The first kappa shape index (κ1) is 23.0. The van der Waals surface area contributed by atoms with Gasteiger partial charge in [-0.3, -0.25) is 19.2 Å². The van der Waals surface area contributed by atoms with Crippen molar-refractivity contribution < 1.29 is 19.1 Å². The zero-order chi connectivity index (χ0) is 23.9. The van der Waals surface area contributed by atoms with Gasteiger partial charge in [0.05, 0.1) is 13.7 Å². The number of hydrogen-bond acceptors (Lipinski definition) is 5. The highest BCUT2D eigenvalue weighted by atomic mass is 16.5. The van der Waals surface area contributed by atoms with Crippen LogP contribution in [0.15, 0.2) is 24.3 Å². The maximum atomic E-state index is 13.8. The number of nitrogens with zero attached hydrogens (tertiary/aromatic N) is 3. The number of methoxy groups -OCH3 is 1. The second-order valence-electron chi connectivity index (χ2n) is 9.70. The van der Waals surface area contributed by atoms with Gasteiger partial charge in [0.25, 0.3) is 5.91 Å². The summed E-state index contributed by atoms with van der Waals surface area (Å²) in [7, 11) is 1.27. The minimum Gasteiger partial charge on any atom is -0.464 e. The van der Waals surface area contributed by atoms with E-state index in [1.807, 2.05) is 32.0 Å². The Kier molecular flexibility index (Phi) is 6.03. The molecule has 33 heavy (non-hydrogen) atoms. The number of carbonyl (C=O) groups excluding carboxylic acids is 3. The quantitative estimate of drug-likeness (QED) is 0.718. The Labute approximate surface area is 194 Å². The van der Waals surface area contributed by atoms with Crippen LogP contribution in [0.25, 0.3) is 0 Å². The fourth-order valence-electron chi connectivity index (χ4n) is 4.96. The predicted molar refractivity (Wildman–Crippen MR) is 124 cm³/mol. The summed E-state index contributed by atoms with van der Waals surface area (Å²) < 4.78 is 6.24.